The molecule has 0 aromatic carbocycles. The molecule has 3 heteroatoms. The maximum Gasteiger partial charge on any atom is 0.304 e. The topological polar surface area (TPSA) is 27.7 Å². The molecule has 0 bridgehead atoms. The summed E-state index contributed by atoms with van der Waals surface area (Å²) >= 11 is 0. The lowest BCUT2D eigenvalue weighted by molar-refractivity contribution is -0.354. The molecule has 14 heavy (non-hydrogen) atoms. The molecule has 1 heterocycles. The second-order valence-corrected chi connectivity index (χ2v) is 3.57. The summed E-state index contributed by atoms with van der Waals surface area (Å²) in [4.78, 5) is 0. The molecule has 3 nitrogen and oxygen atoms in total. The fourth-order valence-corrected chi connectivity index (χ4v) is 1.45. The Kier molecular flexibility index (Phi) is 4.11. The predicted molar refractivity (Wildman–Crippen MR) is 54.9 cm³/mol. The molecule has 1 aliphatic rings. The first-order valence-electron chi connectivity index (χ1n) is 5.24. The molecule has 0 N–H and O–H groups in total. The van der Waals surface area contributed by atoms with E-state index in [1.807, 2.05) is 19.9 Å². The number of hydrogen-bond donors (Lipinski definition) is 0. The third kappa shape index (κ3) is 2.56. The lowest BCUT2D eigenvalue weighted by Gasteiger charge is -2.35. The average molecular weight is 200 g/mol. The van der Waals surface area contributed by atoms with Crippen LogP contribution in [0.5, 0.6) is 0 Å². The minimum Gasteiger partial charge on any atom is -0.324 e. The molecule has 0 aromatic heterocycles. The Morgan fingerprint density at radius 1 is 1.43 bits per heavy atom. The molecule has 1 atom stereocenters. The number of hydrogen-bond acceptors (Lipinski definition) is 3. The smallest absolute Gasteiger partial charge is 0.304 e. The predicted octanol–water partition coefficient (Wildman–Crippen LogP) is 2.33. The first-order valence-corrected chi connectivity index (χ1v) is 5.24. The average Bonchev–Trinajstić information content (AvgIpc) is 2.13. The summed E-state index contributed by atoms with van der Waals surface area (Å²) < 4.78 is 16.6. The van der Waals surface area contributed by atoms with Gasteiger partial charge in [-0.1, -0.05) is 12.5 Å². The van der Waals surface area contributed by atoms with Gasteiger partial charge in [0.05, 0.1) is 6.61 Å². The van der Waals surface area contributed by atoms with Crippen LogP contribution < -0.4 is 0 Å². The van der Waals surface area contributed by atoms with Crippen LogP contribution >= 0.6 is 0 Å². The van der Waals surface area contributed by atoms with Crippen molar-refractivity contribution in [3.63, 3.8) is 0 Å². The zero-order chi connectivity index (χ0) is 10.6. The lowest BCUT2D eigenvalue weighted by atomic mass is 10.0. The second kappa shape index (κ2) is 4.91. The van der Waals surface area contributed by atoms with Crippen molar-refractivity contribution in [2.75, 3.05) is 19.8 Å². The Labute approximate surface area is 86.0 Å². The van der Waals surface area contributed by atoms with Crippen LogP contribution in [0.4, 0.5) is 0 Å². The molecule has 0 saturated heterocycles. The van der Waals surface area contributed by atoms with Crippen LogP contribution in [-0.4, -0.2) is 25.8 Å². The number of ether oxygens (including phenoxy) is 3. The van der Waals surface area contributed by atoms with Crippen LogP contribution in [0, 0.1) is 5.92 Å². The largest absolute Gasteiger partial charge is 0.324 e. The van der Waals surface area contributed by atoms with Gasteiger partial charge in [-0.25, -0.2) is 0 Å². The minimum atomic E-state index is -0.930. The first kappa shape index (κ1) is 11.7. The van der Waals surface area contributed by atoms with Gasteiger partial charge in [-0.3, -0.25) is 0 Å². The third-order valence-corrected chi connectivity index (χ3v) is 2.41. The van der Waals surface area contributed by atoms with Gasteiger partial charge >= 0.3 is 5.97 Å². The Morgan fingerprint density at radius 3 is 2.43 bits per heavy atom. The number of rotatable bonds is 4. The van der Waals surface area contributed by atoms with Gasteiger partial charge in [0.15, 0.2) is 0 Å². The van der Waals surface area contributed by atoms with Crippen LogP contribution in [-0.2, 0) is 14.2 Å². The molecule has 0 spiro atoms. The van der Waals surface area contributed by atoms with Crippen LogP contribution in [0.15, 0.2) is 11.6 Å². The van der Waals surface area contributed by atoms with Crippen LogP contribution in [0.3, 0.4) is 0 Å². The molecule has 0 fully saturated rings. The van der Waals surface area contributed by atoms with Crippen molar-refractivity contribution in [3.05, 3.63) is 11.6 Å². The summed E-state index contributed by atoms with van der Waals surface area (Å²) in [6.45, 7) is 9.91. The van der Waals surface area contributed by atoms with Crippen LogP contribution in [0.1, 0.15) is 27.7 Å². The van der Waals surface area contributed by atoms with E-state index in [2.05, 4.69) is 13.8 Å². The fourth-order valence-electron chi connectivity index (χ4n) is 1.45. The molecule has 1 rings (SSSR count). The van der Waals surface area contributed by atoms with E-state index in [1.165, 1.54) is 5.57 Å². The second-order valence-electron chi connectivity index (χ2n) is 3.57. The Bertz CT molecular complexity index is 205. The van der Waals surface area contributed by atoms with Gasteiger partial charge in [0.25, 0.3) is 0 Å². The standard InChI is InChI=1S/C11H20O3/c1-5-12-11(13-6-2)7-9(3)10(4)8-14-11/h7,10H,5-6,8H2,1-4H3. The van der Waals surface area contributed by atoms with Crippen molar-refractivity contribution < 1.29 is 14.2 Å². The van der Waals surface area contributed by atoms with Crippen LogP contribution in [0.2, 0.25) is 0 Å². The van der Waals surface area contributed by atoms with E-state index in [4.69, 9.17) is 14.2 Å². The highest BCUT2D eigenvalue weighted by Crippen LogP contribution is 2.28. The van der Waals surface area contributed by atoms with E-state index >= 15 is 0 Å². The van der Waals surface area contributed by atoms with Gasteiger partial charge in [0, 0.05) is 25.2 Å². The summed E-state index contributed by atoms with van der Waals surface area (Å²) in [5.41, 5.74) is 1.26. The summed E-state index contributed by atoms with van der Waals surface area (Å²) in [6.07, 6.45) is 1.94. The van der Waals surface area contributed by atoms with Crippen molar-refractivity contribution in [2.24, 2.45) is 5.92 Å². The Balaban J connectivity index is 2.77. The maximum absolute atomic E-state index is 5.61. The molecule has 0 radical (unpaired) electrons. The zero-order valence-electron chi connectivity index (χ0n) is 9.50. The van der Waals surface area contributed by atoms with E-state index in [-0.39, 0.29) is 0 Å². The molecule has 0 aromatic rings. The van der Waals surface area contributed by atoms with Gasteiger partial charge in [-0.2, -0.15) is 0 Å². The van der Waals surface area contributed by atoms with Crippen molar-refractivity contribution in [3.8, 4) is 0 Å². The highest BCUT2D eigenvalue weighted by Gasteiger charge is 2.35. The molecule has 1 aliphatic heterocycles. The highest BCUT2D eigenvalue weighted by molar-refractivity contribution is 5.09. The van der Waals surface area contributed by atoms with Gasteiger partial charge < -0.3 is 14.2 Å². The first-order chi connectivity index (χ1) is 6.63. The van der Waals surface area contributed by atoms with E-state index in [0.29, 0.717) is 25.7 Å². The molecule has 82 valence electrons. The van der Waals surface area contributed by atoms with Crippen molar-refractivity contribution in [2.45, 2.75) is 33.7 Å². The van der Waals surface area contributed by atoms with Crippen LogP contribution in [0.25, 0.3) is 0 Å². The lowest BCUT2D eigenvalue weighted by Crippen LogP contribution is -2.42. The van der Waals surface area contributed by atoms with E-state index < -0.39 is 5.97 Å². The Morgan fingerprint density at radius 2 is 2.00 bits per heavy atom. The van der Waals surface area contributed by atoms with Gasteiger partial charge in [-0.05, 0) is 20.8 Å². The molecular weight excluding hydrogens is 180 g/mol. The van der Waals surface area contributed by atoms with Gasteiger partial charge in [-0.15, -0.1) is 0 Å². The third-order valence-electron chi connectivity index (χ3n) is 2.41. The summed E-state index contributed by atoms with van der Waals surface area (Å²) in [7, 11) is 0. The summed E-state index contributed by atoms with van der Waals surface area (Å²) in [5, 5.41) is 0. The highest BCUT2D eigenvalue weighted by atomic mass is 16.9. The van der Waals surface area contributed by atoms with Gasteiger partial charge in [0.1, 0.15) is 0 Å². The van der Waals surface area contributed by atoms with Crippen molar-refractivity contribution in [1.82, 2.24) is 0 Å². The Hall–Kier alpha value is -0.380. The fraction of sp³-hybridized carbons (Fsp3) is 0.818. The van der Waals surface area contributed by atoms with E-state index in [1.54, 1.807) is 0 Å². The van der Waals surface area contributed by atoms with Gasteiger partial charge in [0.2, 0.25) is 0 Å². The summed E-state index contributed by atoms with van der Waals surface area (Å²) in [5.74, 6) is -0.482. The normalized spacial score (nSPS) is 26.0. The molecule has 0 amide bonds. The summed E-state index contributed by atoms with van der Waals surface area (Å²) in [6, 6.07) is 0. The quantitative estimate of drug-likeness (QED) is 0.515. The minimum absolute atomic E-state index is 0.448. The molecule has 0 saturated carbocycles. The zero-order valence-corrected chi connectivity index (χ0v) is 9.50. The van der Waals surface area contributed by atoms with Crippen molar-refractivity contribution >= 4 is 0 Å². The maximum atomic E-state index is 5.61. The molecule has 0 aliphatic carbocycles. The molecular formula is C11H20O3. The van der Waals surface area contributed by atoms with E-state index in [0.717, 1.165) is 0 Å². The molecule has 1 unspecified atom stereocenters. The van der Waals surface area contributed by atoms with Crippen molar-refractivity contribution in [1.29, 1.82) is 0 Å². The van der Waals surface area contributed by atoms with E-state index in [9.17, 15) is 0 Å². The monoisotopic (exact) mass is 200 g/mol. The SMILES string of the molecule is CCOC1(OCC)C=C(C)C(C)CO1.